The van der Waals surface area contributed by atoms with Crippen LogP contribution < -0.4 is 9.64 Å². The van der Waals surface area contributed by atoms with Gasteiger partial charge in [0.1, 0.15) is 12.3 Å². The summed E-state index contributed by atoms with van der Waals surface area (Å²) in [6.07, 6.45) is 0. The van der Waals surface area contributed by atoms with E-state index in [0.29, 0.717) is 36.0 Å². The smallest absolute Gasteiger partial charge is 0.262 e. The van der Waals surface area contributed by atoms with E-state index < -0.39 is 11.8 Å². The second-order valence-corrected chi connectivity index (χ2v) is 8.66. The minimum atomic E-state index is -0.447. The average molecular weight is 453 g/mol. The Morgan fingerprint density at radius 3 is 2.38 bits per heavy atom. The highest BCUT2D eigenvalue weighted by molar-refractivity contribution is 7.22. The lowest BCUT2D eigenvalue weighted by Gasteiger charge is -2.24. The minimum absolute atomic E-state index is 0.327. The Bertz CT molecular complexity index is 1150. The fraction of sp³-hybridized carbons (Fsp3) is 0.304. The van der Waals surface area contributed by atoms with Gasteiger partial charge in [0.2, 0.25) is 5.91 Å². The van der Waals surface area contributed by atoms with Crippen molar-refractivity contribution in [3.05, 3.63) is 53.6 Å². The van der Waals surface area contributed by atoms with Crippen LogP contribution in [0.4, 0.5) is 5.13 Å². The molecule has 0 radical (unpaired) electrons. The number of benzene rings is 2. The summed E-state index contributed by atoms with van der Waals surface area (Å²) >= 11 is 1.38. The van der Waals surface area contributed by atoms with E-state index in [1.165, 1.54) is 11.3 Å². The fourth-order valence-electron chi connectivity index (χ4n) is 3.50. The molecule has 0 spiro atoms. The quantitative estimate of drug-likeness (QED) is 0.489. The molecule has 32 heavy (non-hydrogen) atoms. The van der Waals surface area contributed by atoms with Gasteiger partial charge in [0.25, 0.3) is 11.8 Å². The van der Waals surface area contributed by atoms with E-state index in [4.69, 9.17) is 4.74 Å². The van der Waals surface area contributed by atoms with Crippen molar-refractivity contribution in [2.75, 3.05) is 45.2 Å². The number of anilines is 1. The Balaban J connectivity index is 1.60. The van der Waals surface area contributed by atoms with Crippen LogP contribution >= 0.6 is 11.3 Å². The van der Waals surface area contributed by atoms with Gasteiger partial charge in [-0.2, -0.15) is 0 Å². The van der Waals surface area contributed by atoms with Gasteiger partial charge in [-0.1, -0.05) is 23.5 Å². The Hall–Kier alpha value is -3.30. The number of rotatable bonds is 8. The highest BCUT2D eigenvalue weighted by Crippen LogP contribution is 2.32. The van der Waals surface area contributed by atoms with Crippen molar-refractivity contribution in [2.45, 2.75) is 6.92 Å². The Kier molecular flexibility index (Phi) is 6.20. The predicted molar refractivity (Wildman–Crippen MR) is 124 cm³/mol. The van der Waals surface area contributed by atoms with Gasteiger partial charge in [-0.3, -0.25) is 24.2 Å². The van der Waals surface area contributed by atoms with Crippen molar-refractivity contribution in [2.24, 2.45) is 0 Å². The number of imide groups is 1. The molecule has 0 N–H and O–H groups in total. The van der Waals surface area contributed by atoms with Crippen LogP contribution in [-0.2, 0) is 4.79 Å². The highest BCUT2D eigenvalue weighted by atomic mass is 32.1. The fourth-order valence-corrected chi connectivity index (χ4v) is 4.53. The summed E-state index contributed by atoms with van der Waals surface area (Å²) in [6, 6.07) is 12.2. The van der Waals surface area contributed by atoms with Gasteiger partial charge < -0.3 is 9.64 Å². The molecule has 0 saturated heterocycles. The zero-order valence-electron chi connectivity index (χ0n) is 18.2. The number of aromatic nitrogens is 1. The van der Waals surface area contributed by atoms with Gasteiger partial charge in [-0.05, 0) is 51.4 Å². The lowest BCUT2D eigenvalue weighted by molar-refractivity contribution is -0.119. The molecule has 0 aliphatic carbocycles. The molecular formula is C23H24N4O4S. The van der Waals surface area contributed by atoms with E-state index in [0.717, 1.165) is 20.9 Å². The standard InChI is InChI=1S/C23H24N4O4S/c1-4-31-15-9-10-18-19(13-15)32-23(24-18)26(12-11-25(2)3)20(28)14-27-21(29)16-7-5-6-8-17(16)22(27)30/h5-10,13H,4,11-12,14H2,1-3H3. The zero-order chi connectivity index (χ0) is 22.8. The molecule has 1 aliphatic heterocycles. The summed E-state index contributed by atoms with van der Waals surface area (Å²) in [4.78, 5) is 47.9. The molecule has 0 bridgehead atoms. The molecule has 1 aliphatic rings. The Labute approximate surface area is 190 Å². The first-order valence-electron chi connectivity index (χ1n) is 10.3. The van der Waals surface area contributed by atoms with Crippen molar-refractivity contribution in [3.8, 4) is 5.75 Å². The Morgan fingerprint density at radius 2 is 1.75 bits per heavy atom. The maximum Gasteiger partial charge on any atom is 0.262 e. The third kappa shape index (κ3) is 4.21. The molecule has 0 unspecified atom stereocenters. The predicted octanol–water partition coefficient (Wildman–Crippen LogP) is 2.89. The Morgan fingerprint density at radius 1 is 1.06 bits per heavy atom. The molecule has 2 aromatic carbocycles. The normalized spacial score (nSPS) is 13.2. The number of likely N-dealkylation sites (N-methyl/N-ethyl adjacent to an activating group) is 1. The maximum atomic E-state index is 13.3. The van der Waals surface area contributed by atoms with Gasteiger partial charge in [-0.25, -0.2) is 4.98 Å². The summed E-state index contributed by atoms with van der Waals surface area (Å²) in [5, 5.41) is 0.525. The number of amides is 3. The van der Waals surface area contributed by atoms with Crippen LogP contribution in [-0.4, -0.2) is 72.8 Å². The topological polar surface area (TPSA) is 83.1 Å². The van der Waals surface area contributed by atoms with Crippen LogP contribution in [0.25, 0.3) is 10.2 Å². The van der Waals surface area contributed by atoms with Gasteiger partial charge >= 0.3 is 0 Å². The van der Waals surface area contributed by atoms with E-state index >= 15 is 0 Å². The van der Waals surface area contributed by atoms with Crippen molar-refractivity contribution < 1.29 is 19.1 Å². The molecule has 4 rings (SSSR count). The summed E-state index contributed by atoms with van der Waals surface area (Å²) in [6.45, 7) is 3.13. The third-order valence-corrected chi connectivity index (χ3v) is 6.18. The van der Waals surface area contributed by atoms with Gasteiger partial charge in [0.15, 0.2) is 5.13 Å². The van der Waals surface area contributed by atoms with Crippen molar-refractivity contribution >= 4 is 44.4 Å². The molecule has 0 fully saturated rings. The first-order valence-corrected chi connectivity index (χ1v) is 11.1. The maximum absolute atomic E-state index is 13.3. The van der Waals surface area contributed by atoms with E-state index in [9.17, 15) is 14.4 Å². The summed E-state index contributed by atoms with van der Waals surface area (Å²) in [5.74, 6) is -0.507. The van der Waals surface area contributed by atoms with Crippen LogP contribution in [0.1, 0.15) is 27.6 Å². The van der Waals surface area contributed by atoms with Crippen LogP contribution in [0.15, 0.2) is 42.5 Å². The molecule has 9 heteroatoms. The summed E-state index contributed by atoms with van der Waals surface area (Å²) in [5.41, 5.74) is 1.42. The van der Waals surface area contributed by atoms with Crippen LogP contribution in [0.2, 0.25) is 0 Å². The average Bonchev–Trinajstić information content (AvgIpc) is 3.28. The van der Waals surface area contributed by atoms with Crippen molar-refractivity contribution in [1.29, 1.82) is 0 Å². The first-order chi connectivity index (χ1) is 15.4. The number of ether oxygens (including phenoxy) is 1. The van der Waals surface area contributed by atoms with Gasteiger partial charge in [0, 0.05) is 13.1 Å². The zero-order valence-corrected chi connectivity index (χ0v) is 19.0. The van der Waals surface area contributed by atoms with Crippen LogP contribution in [0.5, 0.6) is 5.75 Å². The number of carbonyl (C=O) groups excluding carboxylic acids is 3. The second-order valence-electron chi connectivity index (χ2n) is 7.65. The van der Waals surface area contributed by atoms with Crippen LogP contribution in [0.3, 0.4) is 0 Å². The summed E-state index contributed by atoms with van der Waals surface area (Å²) in [7, 11) is 3.83. The monoisotopic (exact) mass is 452 g/mol. The minimum Gasteiger partial charge on any atom is -0.494 e. The molecule has 1 aromatic heterocycles. The van der Waals surface area contributed by atoms with Crippen molar-refractivity contribution in [1.82, 2.24) is 14.8 Å². The van der Waals surface area contributed by atoms with Gasteiger partial charge in [-0.15, -0.1) is 0 Å². The lowest BCUT2D eigenvalue weighted by atomic mass is 10.1. The molecule has 2 heterocycles. The first kappa shape index (κ1) is 21.9. The summed E-state index contributed by atoms with van der Waals surface area (Å²) < 4.78 is 6.46. The van der Waals surface area contributed by atoms with E-state index in [-0.39, 0.29) is 12.5 Å². The number of thiazole rings is 1. The second kappa shape index (κ2) is 9.05. The molecule has 166 valence electrons. The number of hydrogen-bond donors (Lipinski definition) is 0. The largest absolute Gasteiger partial charge is 0.494 e. The van der Waals surface area contributed by atoms with E-state index in [1.54, 1.807) is 29.2 Å². The molecule has 3 aromatic rings. The number of carbonyl (C=O) groups is 3. The van der Waals surface area contributed by atoms with Crippen molar-refractivity contribution in [3.63, 3.8) is 0 Å². The van der Waals surface area contributed by atoms with Gasteiger partial charge in [0.05, 0.1) is 28.0 Å². The van der Waals surface area contributed by atoms with E-state index in [2.05, 4.69) is 4.98 Å². The van der Waals surface area contributed by atoms with Crippen LogP contribution in [0, 0.1) is 0 Å². The molecule has 3 amide bonds. The molecular weight excluding hydrogens is 428 g/mol. The van der Waals surface area contributed by atoms with E-state index in [1.807, 2.05) is 44.1 Å². The highest BCUT2D eigenvalue weighted by Gasteiger charge is 2.37. The number of fused-ring (bicyclic) bond motifs is 2. The molecule has 8 nitrogen and oxygen atoms in total. The lowest BCUT2D eigenvalue weighted by Crippen LogP contribution is -2.45. The number of nitrogens with zero attached hydrogens (tertiary/aromatic N) is 4. The molecule has 0 atom stereocenters. The molecule has 0 saturated carbocycles. The SMILES string of the molecule is CCOc1ccc2nc(N(CCN(C)C)C(=O)CN3C(=O)c4ccccc4C3=O)sc2c1. The third-order valence-electron chi connectivity index (χ3n) is 5.13. The number of hydrogen-bond acceptors (Lipinski definition) is 7.